The molecule has 0 amide bonds. The number of nitrogens with zero attached hydrogens (tertiary/aromatic N) is 1. The molecule has 1 aliphatic heterocycles. The van der Waals surface area contributed by atoms with Crippen molar-refractivity contribution in [2.75, 3.05) is 25.9 Å². The lowest BCUT2D eigenvalue weighted by atomic mass is 9.94. The minimum absolute atomic E-state index is 0.300. The maximum atomic E-state index is 10.3. The molecule has 2 rings (SSSR count). The monoisotopic (exact) mass is 284 g/mol. The summed E-state index contributed by atoms with van der Waals surface area (Å²) in [5.41, 5.74) is 7.43. The van der Waals surface area contributed by atoms with Crippen LogP contribution < -0.4 is 5.73 Å². The largest absolute Gasteiger partial charge is 0.398 e. The molecule has 0 aliphatic carbocycles. The molecular formula is C12H17BrN2O. The highest BCUT2D eigenvalue weighted by atomic mass is 79.9. The molecule has 2 atom stereocenters. The fourth-order valence-corrected chi connectivity index (χ4v) is 2.67. The van der Waals surface area contributed by atoms with Crippen LogP contribution in [0.15, 0.2) is 22.7 Å². The molecule has 3 N–H and O–H groups in total. The Balaban J connectivity index is 2.17. The molecule has 0 bridgehead atoms. The molecule has 1 aromatic rings. The lowest BCUT2D eigenvalue weighted by Gasteiger charge is -2.20. The number of likely N-dealkylation sites (tertiary alicyclic amines) is 1. The molecule has 88 valence electrons. The number of rotatable bonds is 2. The van der Waals surface area contributed by atoms with Crippen LogP contribution in [-0.2, 0) is 0 Å². The van der Waals surface area contributed by atoms with E-state index in [4.69, 9.17) is 5.73 Å². The number of nitrogens with two attached hydrogens (primary N) is 1. The smallest absolute Gasteiger partial charge is 0.0850 e. The van der Waals surface area contributed by atoms with Gasteiger partial charge in [-0.25, -0.2) is 0 Å². The molecule has 0 radical (unpaired) electrons. The average Bonchev–Trinajstić information content (AvgIpc) is 2.64. The van der Waals surface area contributed by atoms with E-state index in [0.29, 0.717) is 11.6 Å². The van der Waals surface area contributed by atoms with E-state index in [9.17, 15) is 5.11 Å². The number of aliphatic hydroxyl groups excluding tert-OH is 1. The Kier molecular flexibility index (Phi) is 3.52. The van der Waals surface area contributed by atoms with Gasteiger partial charge in [0.2, 0.25) is 0 Å². The van der Waals surface area contributed by atoms with Crippen LogP contribution in [0.3, 0.4) is 0 Å². The molecule has 1 fully saturated rings. The molecule has 4 heteroatoms. The molecule has 3 nitrogen and oxygen atoms in total. The van der Waals surface area contributed by atoms with E-state index in [-0.39, 0.29) is 0 Å². The van der Waals surface area contributed by atoms with Gasteiger partial charge in [-0.2, -0.15) is 0 Å². The van der Waals surface area contributed by atoms with Crippen molar-refractivity contribution in [3.63, 3.8) is 0 Å². The minimum Gasteiger partial charge on any atom is -0.398 e. The number of nitrogen functional groups attached to an aromatic ring is 1. The second kappa shape index (κ2) is 4.73. The van der Waals surface area contributed by atoms with Crippen LogP contribution in [0.2, 0.25) is 0 Å². The third-order valence-electron chi connectivity index (χ3n) is 3.24. The van der Waals surface area contributed by atoms with Gasteiger partial charge in [-0.1, -0.05) is 22.0 Å². The second-order valence-corrected chi connectivity index (χ2v) is 5.44. The minimum atomic E-state index is -0.446. The zero-order valence-electron chi connectivity index (χ0n) is 9.36. The molecule has 1 saturated heterocycles. The van der Waals surface area contributed by atoms with Crippen LogP contribution in [0.1, 0.15) is 18.1 Å². The first kappa shape index (κ1) is 11.9. The van der Waals surface area contributed by atoms with E-state index in [1.165, 1.54) is 0 Å². The van der Waals surface area contributed by atoms with Crippen LogP contribution in [-0.4, -0.2) is 30.1 Å². The van der Waals surface area contributed by atoms with E-state index < -0.39 is 6.10 Å². The van der Waals surface area contributed by atoms with Crippen LogP contribution in [0, 0.1) is 5.92 Å². The number of anilines is 1. The van der Waals surface area contributed by atoms with Crippen LogP contribution in [0.4, 0.5) is 5.69 Å². The van der Waals surface area contributed by atoms with Crippen molar-refractivity contribution in [1.82, 2.24) is 4.90 Å². The van der Waals surface area contributed by atoms with Gasteiger partial charge in [-0.05, 0) is 32.1 Å². The SMILES string of the molecule is CN1CCC(C(O)c2ccc(Br)cc2N)C1. The van der Waals surface area contributed by atoms with Gasteiger partial charge in [0.1, 0.15) is 0 Å². The van der Waals surface area contributed by atoms with Crippen molar-refractivity contribution < 1.29 is 5.11 Å². The van der Waals surface area contributed by atoms with Crippen molar-refractivity contribution in [1.29, 1.82) is 0 Å². The molecule has 1 aromatic carbocycles. The third-order valence-corrected chi connectivity index (χ3v) is 3.74. The number of hydrogen-bond donors (Lipinski definition) is 2. The zero-order valence-corrected chi connectivity index (χ0v) is 10.9. The highest BCUT2D eigenvalue weighted by molar-refractivity contribution is 9.10. The molecule has 2 unspecified atom stereocenters. The number of benzene rings is 1. The highest BCUT2D eigenvalue weighted by Crippen LogP contribution is 2.33. The number of aliphatic hydroxyl groups is 1. The van der Waals surface area contributed by atoms with E-state index in [1.54, 1.807) is 0 Å². The Morgan fingerprint density at radius 1 is 1.56 bits per heavy atom. The van der Waals surface area contributed by atoms with E-state index in [2.05, 4.69) is 27.9 Å². The van der Waals surface area contributed by atoms with Crippen LogP contribution >= 0.6 is 15.9 Å². The van der Waals surface area contributed by atoms with Gasteiger partial charge in [0.25, 0.3) is 0 Å². The van der Waals surface area contributed by atoms with Crippen LogP contribution in [0.5, 0.6) is 0 Å². The Bertz CT molecular complexity index is 383. The lowest BCUT2D eigenvalue weighted by molar-refractivity contribution is 0.113. The average molecular weight is 285 g/mol. The van der Waals surface area contributed by atoms with Gasteiger partial charge in [-0.15, -0.1) is 0 Å². The van der Waals surface area contributed by atoms with Gasteiger partial charge in [0.15, 0.2) is 0 Å². The zero-order chi connectivity index (χ0) is 11.7. The quantitative estimate of drug-likeness (QED) is 0.817. The molecule has 1 aliphatic rings. The fourth-order valence-electron chi connectivity index (χ4n) is 2.30. The Labute approximate surface area is 104 Å². The molecule has 0 spiro atoms. The molecule has 16 heavy (non-hydrogen) atoms. The summed E-state index contributed by atoms with van der Waals surface area (Å²) in [7, 11) is 2.08. The van der Waals surface area contributed by atoms with Gasteiger partial charge >= 0.3 is 0 Å². The third kappa shape index (κ3) is 2.39. The highest BCUT2D eigenvalue weighted by Gasteiger charge is 2.28. The second-order valence-electron chi connectivity index (χ2n) is 4.53. The summed E-state index contributed by atoms with van der Waals surface area (Å²) >= 11 is 3.37. The van der Waals surface area contributed by atoms with E-state index in [0.717, 1.165) is 29.5 Å². The predicted octanol–water partition coefficient (Wildman–Crippen LogP) is 2.02. The van der Waals surface area contributed by atoms with Gasteiger partial charge < -0.3 is 15.7 Å². The Morgan fingerprint density at radius 3 is 2.88 bits per heavy atom. The Hall–Kier alpha value is -0.580. The van der Waals surface area contributed by atoms with Crippen molar-refractivity contribution in [2.45, 2.75) is 12.5 Å². The van der Waals surface area contributed by atoms with Gasteiger partial charge in [-0.3, -0.25) is 0 Å². The normalized spacial score (nSPS) is 23.6. The summed E-state index contributed by atoms with van der Waals surface area (Å²) in [6.07, 6.45) is 0.589. The van der Waals surface area contributed by atoms with Crippen molar-refractivity contribution >= 4 is 21.6 Å². The molecule has 1 heterocycles. The summed E-state index contributed by atoms with van der Waals surface area (Å²) < 4.78 is 0.949. The van der Waals surface area contributed by atoms with Crippen LogP contribution in [0.25, 0.3) is 0 Å². The molecule has 0 aromatic heterocycles. The fraction of sp³-hybridized carbons (Fsp3) is 0.500. The maximum Gasteiger partial charge on any atom is 0.0850 e. The summed E-state index contributed by atoms with van der Waals surface area (Å²) in [6.45, 7) is 1.99. The van der Waals surface area contributed by atoms with Gasteiger partial charge in [0, 0.05) is 28.2 Å². The summed E-state index contributed by atoms with van der Waals surface area (Å²) in [5.74, 6) is 0.300. The Morgan fingerprint density at radius 2 is 2.31 bits per heavy atom. The topological polar surface area (TPSA) is 49.5 Å². The standard InChI is InChI=1S/C12H17BrN2O/c1-15-5-4-8(7-15)12(16)10-3-2-9(13)6-11(10)14/h2-3,6,8,12,16H,4-5,7,14H2,1H3. The summed E-state index contributed by atoms with van der Waals surface area (Å²) in [6, 6.07) is 5.67. The first-order valence-corrected chi connectivity index (χ1v) is 6.29. The lowest BCUT2D eigenvalue weighted by Crippen LogP contribution is -2.19. The van der Waals surface area contributed by atoms with Crippen molar-refractivity contribution in [3.8, 4) is 0 Å². The van der Waals surface area contributed by atoms with Crippen molar-refractivity contribution in [3.05, 3.63) is 28.2 Å². The molecule has 0 saturated carbocycles. The predicted molar refractivity (Wildman–Crippen MR) is 69.1 cm³/mol. The summed E-state index contributed by atoms with van der Waals surface area (Å²) in [4.78, 5) is 2.24. The summed E-state index contributed by atoms with van der Waals surface area (Å²) in [5, 5.41) is 10.3. The molecular weight excluding hydrogens is 268 g/mol. The number of hydrogen-bond acceptors (Lipinski definition) is 3. The van der Waals surface area contributed by atoms with E-state index >= 15 is 0 Å². The first-order valence-electron chi connectivity index (χ1n) is 5.49. The van der Waals surface area contributed by atoms with Gasteiger partial charge in [0.05, 0.1) is 6.10 Å². The maximum absolute atomic E-state index is 10.3. The number of halogens is 1. The van der Waals surface area contributed by atoms with E-state index in [1.807, 2.05) is 18.2 Å². The van der Waals surface area contributed by atoms with Crippen molar-refractivity contribution in [2.24, 2.45) is 5.92 Å². The first-order chi connectivity index (χ1) is 7.58.